The summed E-state index contributed by atoms with van der Waals surface area (Å²) in [4.78, 5) is 6.91. The van der Waals surface area contributed by atoms with Gasteiger partial charge in [-0.3, -0.25) is 0 Å². The molecule has 1 rings (SSSR count). The highest BCUT2D eigenvalue weighted by molar-refractivity contribution is 5.79. The van der Waals surface area contributed by atoms with Crippen LogP contribution in [0.25, 0.3) is 0 Å². The highest BCUT2D eigenvalue weighted by Crippen LogP contribution is 2.28. The summed E-state index contributed by atoms with van der Waals surface area (Å²) in [6.07, 6.45) is 2.35. The van der Waals surface area contributed by atoms with Crippen molar-refractivity contribution in [2.45, 2.75) is 40.2 Å². The van der Waals surface area contributed by atoms with E-state index in [9.17, 15) is 0 Å². The first-order valence-corrected chi connectivity index (χ1v) is 8.45. The van der Waals surface area contributed by atoms with Gasteiger partial charge in [0.2, 0.25) is 0 Å². The second-order valence-corrected chi connectivity index (χ2v) is 5.36. The molecule has 1 aromatic carbocycles. The molecule has 0 radical (unpaired) electrons. The van der Waals surface area contributed by atoms with Crippen LogP contribution < -0.4 is 14.8 Å². The zero-order valence-corrected chi connectivity index (χ0v) is 15.2. The molecule has 0 aliphatic carbocycles. The van der Waals surface area contributed by atoms with E-state index in [1.807, 2.05) is 25.1 Å². The average molecular weight is 321 g/mol. The first-order valence-electron chi connectivity index (χ1n) is 8.45. The van der Waals surface area contributed by atoms with Gasteiger partial charge in [-0.25, -0.2) is 4.99 Å². The van der Waals surface area contributed by atoms with Crippen molar-refractivity contribution in [3.05, 3.63) is 23.8 Å². The van der Waals surface area contributed by atoms with Crippen LogP contribution in [0, 0.1) is 0 Å². The zero-order chi connectivity index (χ0) is 17.1. The number of aliphatic imine (C=N–C) groups is 1. The van der Waals surface area contributed by atoms with Crippen molar-refractivity contribution in [3.8, 4) is 11.5 Å². The van der Waals surface area contributed by atoms with Crippen molar-refractivity contribution < 1.29 is 9.47 Å². The minimum Gasteiger partial charge on any atom is -0.493 e. The Hall–Kier alpha value is -1.91. The van der Waals surface area contributed by atoms with Crippen molar-refractivity contribution in [2.75, 3.05) is 33.9 Å². The highest BCUT2D eigenvalue weighted by atomic mass is 16.5. The second-order valence-electron chi connectivity index (χ2n) is 5.36. The molecule has 0 heterocycles. The molecule has 0 saturated heterocycles. The Labute approximate surface area is 140 Å². The molecule has 0 atom stereocenters. The second kappa shape index (κ2) is 10.8. The predicted octanol–water partition coefficient (Wildman–Crippen LogP) is 3.29. The fourth-order valence-electron chi connectivity index (χ4n) is 2.22. The minimum atomic E-state index is 0.614. The number of guanidine groups is 1. The quantitative estimate of drug-likeness (QED) is 0.560. The Bertz CT molecular complexity index is 489. The largest absolute Gasteiger partial charge is 0.493 e. The summed E-state index contributed by atoms with van der Waals surface area (Å²) in [5.41, 5.74) is 1.11. The van der Waals surface area contributed by atoms with Crippen LogP contribution in [0.3, 0.4) is 0 Å². The fraction of sp³-hybridized carbons (Fsp3) is 0.611. The third-order valence-electron chi connectivity index (χ3n) is 3.48. The maximum atomic E-state index is 5.62. The Kier molecular flexibility index (Phi) is 8.95. The molecule has 0 bridgehead atoms. The van der Waals surface area contributed by atoms with Crippen LogP contribution in [0.2, 0.25) is 0 Å². The molecular formula is C18H31N3O2. The van der Waals surface area contributed by atoms with E-state index in [4.69, 9.17) is 14.5 Å². The van der Waals surface area contributed by atoms with Gasteiger partial charge >= 0.3 is 0 Å². The van der Waals surface area contributed by atoms with Gasteiger partial charge in [-0.1, -0.05) is 19.4 Å². The smallest absolute Gasteiger partial charge is 0.193 e. The molecule has 0 amide bonds. The Morgan fingerprint density at radius 2 is 2.00 bits per heavy atom. The summed E-state index contributed by atoms with van der Waals surface area (Å²) in [5.74, 6) is 2.47. The van der Waals surface area contributed by atoms with E-state index >= 15 is 0 Å². The van der Waals surface area contributed by atoms with Crippen molar-refractivity contribution in [2.24, 2.45) is 4.99 Å². The molecule has 23 heavy (non-hydrogen) atoms. The Balaban J connectivity index is 2.83. The number of hydrogen-bond donors (Lipinski definition) is 1. The number of ether oxygens (including phenoxy) is 2. The molecule has 0 aliphatic rings. The van der Waals surface area contributed by atoms with Crippen LogP contribution in [0.4, 0.5) is 0 Å². The molecule has 5 nitrogen and oxygen atoms in total. The van der Waals surface area contributed by atoms with Gasteiger partial charge in [0.1, 0.15) is 0 Å². The number of methoxy groups -OCH3 is 1. The highest BCUT2D eigenvalue weighted by Gasteiger charge is 2.07. The van der Waals surface area contributed by atoms with Gasteiger partial charge in [0, 0.05) is 20.1 Å². The molecular weight excluding hydrogens is 290 g/mol. The maximum Gasteiger partial charge on any atom is 0.193 e. The maximum absolute atomic E-state index is 5.62. The van der Waals surface area contributed by atoms with Gasteiger partial charge in [0.25, 0.3) is 0 Å². The molecule has 0 saturated carbocycles. The Morgan fingerprint density at radius 3 is 2.61 bits per heavy atom. The molecule has 1 aromatic rings. The summed E-state index contributed by atoms with van der Waals surface area (Å²) in [6, 6.07) is 5.96. The standard InChI is InChI=1S/C18H31N3O2/c1-6-9-12-21(4)18(19-7-2)20-14-15-10-11-16(22-5)17(13-15)23-8-3/h10-11,13H,6-9,12,14H2,1-5H3,(H,19,20). The zero-order valence-electron chi connectivity index (χ0n) is 15.2. The van der Waals surface area contributed by atoms with Gasteiger partial charge in [0.05, 0.1) is 20.3 Å². The molecule has 1 N–H and O–H groups in total. The van der Waals surface area contributed by atoms with Crippen LogP contribution in [0.15, 0.2) is 23.2 Å². The molecule has 5 heteroatoms. The number of nitrogens with zero attached hydrogens (tertiary/aromatic N) is 2. The van der Waals surface area contributed by atoms with Crippen LogP contribution in [-0.2, 0) is 6.54 Å². The summed E-state index contributed by atoms with van der Waals surface area (Å²) in [6.45, 7) is 9.36. The van der Waals surface area contributed by atoms with Crippen LogP contribution >= 0.6 is 0 Å². The van der Waals surface area contributed by atoms with E-state index in [1.165, 1.54) is 6.42 Å². The molecule has 130 valence electrons. The Morgan fingerprint density at radius 1 is 1.22 bits per heavy atom. The van der Waals surface area contributed by atoms with E-state index in [1.54, 1.807) is 7.11 Å². The summed E-state index contributed by atoms with van der Waals surface area (Å²) >= 11 is 0. The van der Waals surface area contributed by atoms with E-state index < -0.39 is 0 Å². The fourth-order valence-corrected chi connectivity index (χ4v) is 2.22. The lowest BCUT2D eigenvalue weighted by molar-refractivity contribution is 0.310. The first kappa shape index (κ1) is 19.1. The number of benzene rings is 1. The molecule has 0 unspecified atom stereocenters. The molecule has 0 spiro atoms. The van der Waals surface area contributed by atoms with E-state index in [-0.39, 0.29) is 0 Å². The van der Waals surface area contributed by atoms with Gasteiger partial charge in [-0.15, -0.1) is 0 Å². The van der Waals surface area contributed by atoms with Crippen molar-refractivity contribution in [1.82, 2.24) is 10.2 Å². The number of rotatable bonds is 9. The lowest BCUT2D eigenvalue weighted by atomic mass is 10.2. The lowest BCUT2D eigenvalue weighted by Gasteiger charge is -2.21. The molecule has 0 aromatic heterocycles. The monoisotopic (exact) mass is 321 g/mol. The third kappa shape index (κ3) is 6.38. The normalized spacial score (nSPS) is 11.3. The van der Waals surface area contributed by atoms with Gasteiger partial charge in [0.15, 0.2) is 17.5 Å². The lowest BCUT2D eigenvalue weighted by Crippen LogP contribution is -2.39. The SMILES string of the molecule is CCCCN(C)C(=NCc1ccc(OC)c(OCC)c1)NCC. The van der Waals surface area contributed by atoms with Gasteiger partial charge in [-0.2, -0.15) is 0 Å². The van der Waals surface area contributed by atoms with Crippen molar-refractivity contribution >= 4 is 5.96 Å². The van der Waals surface area contributed by atoms with Gasteiger partial charge in [-0.05, 0) is 38.0 Å². The number of hydrogen-bond acceptors (Lipinski definition) is 3. The van der Waals surface area contributed by atoms with E-state index in [0.717, 1.165) is 42.5 Å². The summed E-state index contributed by atoms with van der Waals surface area (Å²) in [5, 5.41) is 3.34. The topological polar surface area (TPSA) is 46.1 Å². The minimum absolute atomic E-state index is 0.614. The molecule has 0 aliphatic heterocycles. The average Bonchev–Trinajstić information content (AvgIpc) is 2.57. The van der Waals surface area contributed by atoms with Gasteiger partial charge < -0.3 is 19.7 Å². The number of nitrogens with one attached hydrogen (secondary N) is 1. The third-order valence-corrected chi connectivity index (χ3v) is 3.48. The van der Waals surface area contributed by atoms with Crippen LogP contribution in [-0.4, -0.2) is 44.7 Å². The summed E-state index contributed by atoms with van der Waals surface area (Å²) < 4.78 is 10.9. The van der Waals surface area contributed by atoms with Crippen LogP contribution in [0.1, 0.15) is 39.2 Å². The van der Waals surface area contributed by atoms with E-state index in [2.05, 4.69) is 31.1 Å². The first-order chi connectivity index (χ1) is 11.2. The van der Waals surface area contributed by atoms with Crippen LogP contribution in [0.5, 0.6) is 11.5 Å². The van der Waals surface area contributed by atoms with Crippen molar-refractivity contribution in [3.63, 3.8) is 0 Å². The predicted molar refractivity (Wildman–Crippen MR) is 96.5 cm³/mol. The number of unbranched alkanes of at least 4 members (excludes halogenated alkanes) is 1. The van der Waals surface area contributed by atoms with E-state index in [0.29, 0.717) is 13.2 Å². The molecule has 0 fully saturated rings. The van der Waals surface area contributed by atoms with Crippen molar-refractivity contribution in [1.29, 1.82) is 0 Å². The summed E-state index contributed by atoms with van der Waals surface area (Å²) in [7, 11) is 3.73.